The molecule has 122 valence electrons. The number of aromatic amines is 1. The van der Waals surface area contributed by atoms with E-state index in [1.165, 1.54) is 4.57 Å². The van der Waals surface area contributed by atoms with Crippen LogP contribution >= 0.6 is 0 Å². The van der Waals surface area contributed by atoms with Gasteiger partial charge >= 0.3 is 5.69 Å². The van der Waals surface area contributed by atoms with Crippen LogP contribution in [-0.4, -0.2) is 27.2 Å². The zero-order chi connectivity index (χ0) is 16.5. The number of nitrogens with one attached hydrogen (secondary N) is 1. The number of rotatable bonds is 3. The minimum absolute atomic E-state index is 0.0148. The third kappa shape index (κ3) is 2.55. The van der Waals surface area contributed by atoms with Crippen molar-refractivity contribution in [2.75, 3.05) is 6.61 Å². The van der Waals surface area contributed by atoms with E-state index >= 15 is 0 Å². The second-order valence-corrected chi connectivity index (χ2v) is 5.93. The standard InChI is InChI=1S/C18H17N3O3/c22-17-15-14(12-5-2-1-3-6-12)8-9-19-16(15)21(18(23)20-17)11-13-7-4-10-24-13/h1-3,5-6,8-9,13H,4,7,10-11H2,(H,20,22,23)/t13-/m0/s1. The summed E-state index contributed by atoms with van der Waals surface area (Å²) >= 11 is 0. The number of pyridine rings is 1. The minimum atomic E-state index is -0.444. The Morgan fingerprint density at radius 3 is 2.79 bits per heavy atom. The molecule has 3 heterocycles. The van der Waals surface area contributed by atoms with Gasteiger partial charge in [0.1, 0.15) is 5.65 Å². The van der Waals surface area contributed by atoms with Crippen molar-refractivity contribution < 1.29 is 4.74 Å². The van der Waals surface area contributed by atoms with Crippen LogP contribution in [0.1, 0.15) is 12.8 Å². The Morgan fingerprint density at radius 2 is 2.04 bits per heavy atom. The molecule has 1 fully saturated rings. The highest BCUT2D eigenvalue weighted by Crippen LogP contribution is 2.24. The molecule has 1 aromatic carbocycles. The van der Waals surface area contributed by atoms with Gasteiger partial charge in [0.05, 0.1) is 18.0 Å². The lowest BCUT2D eigenvalue weighted by Gasteiger charge is -2.14. The van der Waals surface area contributed by atoms with E-state index in [4.69, 9.17) is 4.74 Å². The third-order valence-corrected chi connectivity index (χ3v) is 4.37. The number of nitrogens with zero attached hydrogens (tertiary/aromatic N) is 2. The van der Waals surface area contributed by atoms with E-state index in [0.717, 1.165) is 24.0 Å². The summed E-state index contributed by atoms with van der Waals surface area (Å²) in [5.41, 5.74) is 1.23. The van der Waals surface area contributed by atoms with Gasteiger partial charge in [-0.3, -0.25) is 14.3 Å². The van der Waals surface area contributed by atoms with Gasteiger partial charge in [-0.15, -0.1) is 0 Å². The van der Waals surface area contributed by atoms with E-state index in [2.05, 4.69) is 9.97 Å². The highest BCUT2D eigenvalue weighted by atomic mass is 16.5. The number of H-pyrrole nitrogens is 1. The Labute approximate surface area is 137 Å². The molecule has 24 heavy (non-hydrogen) atoms. The predicted molar refractivity (Wildman–Crippen MR) is 91.0 cm³/mol. The zero-order valence-corrected chi connectivity index (χ0v) is 13.1. The number of ether oxygens (including phenoxy) is 1. The van der Waals surface area contributed by atoms with Gasteiger partial charge in [0.25, 0.3) is 5.56 Å². The normalized spacial score (nSPS) is 17.4. The molecule has 0 unspecified atom stereocenters. The summed E-state index contributed by atoms with van der Waals surface area (Å²) in [7, 11) is 0. The van der Waals surface area contributed by atoms with Gasteiger partial charge in [-0.1, -0.05) is 30.3 Å². The van der Waals surface area contributed by atoms with Crippen LogP contribution in [0.25, 0.3) is 22.2 Å². The lowest BCUT2D eigenvalue weighted by atomic mass is 10.0. The van der Waals surface area contributed by atoms with Crippen LogP contribution in [0.5, 0.6) is 0 Å². The number of benzene rings is 1. The number of aromatic nitrogens is 3. The predicted octanol–water partition coefficient (Wildman–Crippen LogP) is 1.93. The number of hydrogen-bond acceptors (Lipinski definition) is 4. The van der Waals surface area contributed by atoms with E-state index in [9.17, 15) is 9.59 Å². The first-order chi connectivity index (χ1) is 11.7. The SMILES string of the molecule is O=c1[nH]c(=O)n(C[C@@H]2CCCO2)c2nccc(-c3ccccc3)c12. The molecular formula is C18H17N3O3. The fraction of sp³-hybridized carbons (Fsp3) is 0.278. The molecule has 1 saturated heterocycles. The number of fused-ring (bicyclic) bond motifs is 1. The molecule has 6 heteroatoms. The van der Waals surface area contributed by atoms with E-state index in [-0.39, 0.29) is 6.10 Å². The second-order valence-electron chi connectivity index (χ2n) is 5.93. The fourth-order valence-corrected chi connectivity index (χ4v) is 3.22. The van der Waals surface area contributed by atoms with Crippen LogP contribution in [0.2, 0.25) is 0 Å². The van der Waals surface area contributed by atoms with E-state index in [1.807, 2.05) is 30.3 Å². The van der Waals surface area contributed by atoms with Crippen molar-refractivity contribution in [3.05, 3.63) is 63.4 Å². The molecule has 0 spiro atoms. The Morgan fingerprint density at radius 1 is 1.21 bits per heavy atom. The molecule has 1 atom stereocenters. The first kappa shape index (κ1) is 14.8. The van der Waals surface area contributed by atoms with Gasteiger partial charge in [-0.2, -0.15) is 0 Å². The quantitative estimate of drug-likeness (QED) is 0.799. The number of hydrogen-bond donors (Lipinski definition) is 1. The van der Waals surface area contributed by atoms with Crippen molar-refractivity contribution in [1.29, 1.82) is 0 Å². The van der Waals surface area contributed by atoms with Crippen molar-refractivity contribution in [2.24, 2.45) is 0 Å². The molecule has 0 aliphatic carbocycles. The largest absolute Gasteiger partial charge is 0.376 e. The second kappa shape index (κ2) is 6.05. The fourth-order valence-electron chi connectivity index (χ4n) is 3.22. The molecule has 3 aromatic rings. The molecule has 0 bridgehead atoms. The average Bonchev–Trinajstić information content (AvgIpc) is 3.12. The first-order valence-electron chi connectivity index (χ1n) is 8.03. The summed E-state index contributed by atoms with van der Waals surface area (Å²) < 4.78 is 7.14. The van der Waals surface area contributed by atoms with Gasteiger partial charge < -0.3 is 4.74 Å². The van der Waals surface area contributed by atoms with Crippen LogP contribution in [0.4, 0.5) is 0 Å². The maximum absolute atomic E-state index is 12.4. The van der Waals surface area contributed by atoms with Crippen molar-refractivity contribution in [3.8, 4) is 11.1 Å². The van der Waals surface area contributed by atoms with Gasteiger partial charge in [0.2, 0.25) is 0 Å². The Hall–Kier alpha value is -2.73. The zero-order valence-electron chi connectivity index (χ0n) is 13.1. The summed E-state index contributed by atoms with van der Waals surface area (Å²) in [5.74, 6) is 0. The van der Waals surface area contributed by atoms with Gasteiger partial charge in [-0.25, -0.2) is 9.78 Å². The van der Waals surface area contributed by atoms with Crippen molar-refractivity contribution in [2.45, 2.75) is 25.5 Å². The van der Waals surface area contributed by atoms with E-state index < -0.39 is 11.2 Å². The topological polar surface area (TPSA) is 77.0 Å². The summed E-state index contributed by atoms with van der Waals surface area (Å²) in [4.78, 5) is 31.5. The lowest BCUT2D eigenvalue weighted by molar-refractivity contribution is 0.0967. The van der Waals surface area contributed by atoms with Crippen LogP contribution in [0.15, 0.2) is 52.2 Å². The molecule has 1 N–H and O–H groups in total. The molecule has 0 amide bonds. The molecule has 6 nitrogen and oxygen atoms in total. The Balaban J connectivity index is 1.95. The Bertz CT molecular complexity index is 986. The van der Waals surface area contributed by atoms with Gasteiger partial charge in [0, 0.05) is 12.8 Å². The first-order valence-corrected chi connectivity index (χ1v) is 8.03. The molecule has 4 rings (SSSR count). The maximum Gasteiger partial charge on any atom is 0.330 e. The smallest absolute Gasteiger partial charge is 0.330 e. The Kier molecular flexibility index (Phi) is 3.74. The molecule has 1 aliphatic heterocycles. The summed E-state index contributed by atoms with van der Waals surface area (Å²) in [6, 6.07) is 11.4. The molecular weight excluding hydrogens is 306 g/mol. The van der Waals surface area contributed by atoms with Gasteiger partial charge in [-0.05, 0) is 30.0 Å². The van der Waals surface area contributed by atoms with Crippen molar-refractivity contribution in [1.82, 2.24) is 14.5 Å². The molecule has 0 saturated carbocycles. The molecule has 0 radical (unpaired) electrons. The summed E-state index contributed by atoms with van der Waals surface area (Å²) in [5, 5.41) is 0.432. The van der Waals surface area contributed by atoms with Crippen LogP contribution in [0, 0.1) is 0 Å². The van der Waals surface area contributed by atoms with Crippen molar-refractivity contribution in [3.63, 3.8) is 0 Å². The van der Waals surface area contributed by atoms with Gasteiger partial charge in [0.15, 0.2) is 0 Å². The monoisotopic (exact) mass is 323 g/mol. The summed E-state index contributed by atoms with van der Waals surface area (Å²) in [6.45, 7) is 1.11. The highest BCUT2D eigenvalue weighted by molar-refractivity contribution is 5.91. The summed E-state index contributed by atoms with van der Waals surface area (Å²) in [6.07, 6.45) is 3.52. The lowest BCUT2D eigenvalue weighted by Crippen LogP contribution is -2.34. The van der Waals surface area contributed by atoms with Crippen molar-refractivity contribution >= 4 is 11.0 Å². The van der Waals surface area contributed by atoms with E-state index in [0.29, 0.717) is 24.2 Å². The van der Waals surface area contributed by atoms with Crippen LogP contribution < -0.4 is 11.2 Å². The highest BCUT2D eigenvalue weighted by Gasteiger charge is 2.20. The minimum Gasteiger partial charge on any atom is -0.376 e. The van der Waals surface area contributed by atoms with Crippen LogP contribution in [0.3, 0.4) is 0 Å². The molecule has 2 aromatic heterocycles. The third-order valence-electron chi connectivity index (χ3n) is 4.37. The van der Waals surface area contributed by atoms with Crippen LogP contribution in [-0.2, 0) is 11.3 Å². The molecule has 1 aliphatic rings. The maximum atomic E-state index is 12.4. The average molecular weight is 323 g/mol. The van der Waals surface area contributed by atoms with E-state index in [1.54, 1.807) is 12.3 Å².